The first kappa shape index (κ1) is 25.3. The third-order valence-corrected chi connectivity index (χ3v) is 7.30. The third-order valence-electron chi connectivity index (χ3n) is 7.30. The van der Waals surface area contributed by atoms with Crippen molar-refractivity contribution in [1.29, 1.82) is 0 Å². The number of carbonyl (C=O) groups is 3. The van der Waals surface area contributed by atoms with E-state index in [4.69, 9.17) is 9.47 Å². The topological polar surface area (TPSA) is 88.2 Å². The van der Waals surface area contributed by atoms with Crippen LogP contribution in [0.4, 0.5) is 8.78 Å². The van der Waals surface area contributed by atoms with Crippen molar-refractivity contribution in [3.05, 3.63) is 71.3 Å². The number of nitrogens with zero attached hydrogens (tertiary/aromatic N) is 2. The van der Waals surface area contributed by atoms with Crippen molar-refractivity contribution in [2.75, 3.05) is 32.8 Å². The Kier molecular flexibility index (Phi) is 7.21. The highest BCUT2D eigenvalue weighted by molar-refractivity contribution is 5.98. The molecule has 0 bridgehead atoms. The van der Waals surface area contributed by atoms with Crippen LogP contribution < -0.4 is 5.32 Å². The predicted molar refractivity (Wildman–Crippen MR) is 129 cm³/mol. The summed E-state index contributed by atoms with van der Waals surface area (Å²) in [6.07, 6.45) is 2.28. The smallest absolute Gasteiger partial charge is 0.256 e. The molecule has 8 nitrogen and oxygen atoms in total. The molecule has 3 heterocycles. The third kappa shape index (κ3) is 5.21. The zero-order chi connectivity index (χ0) is 26.0. The van der Waals surface area contributed by atoms with Gasteiger partial charge in [-0.3, -0.25) is 19.3 Å². The summed E-state index contributed by atoms with van der Waals surface area (Å²) in [5.41, 5.74) is -0.634. The molecule has 0 radical (unpaired) electrons. The highest BCUT2D eigenvalue weighted by atomic mass is 19.1. The molecule has 0 aromatic heterocycles. The van der Waals surface area contributed by atoms with Crippen molar-refractivity contribution in [2.24, 2.45) is 0 Å². The summed E-state index contributed by atoms with van der Waals surface area (Å²) < 4.78 is 39.0. The lowest BCUT2D eigenvalue weighted by Crippen LogP contribution is -2.60. The minimum absolute atomic E-state index is 0.00960. The van der Waals surface area contributed by atoms with Gasteiger partial charge in [-0.2, -0.15) is 0 Å². The van der Waals surface area contributed by atoms with E-state index in [1.165, 1.54) is 47.4 Å². The largest absolute Gasteiger partial charge is 0.376 e. The Morgan fingerprint density at radius 2 is 1.73 bits per heavy atom. The first-order valence-corrected chi connectivity index (χ1v) is 12.5. The Morgan fingerprint density at radius 3 is 2.41 bits per heavy atom. The van der Waals surface area contributed by atoms with Gasteiger partial charge in [-0.25, -0.2) is 8.78 Å². The van der Waals surface area contributed by atoms with Crippen LogP contribution in [0.3, 0.4) is 0 Å². The number of likely N-dealkylation sites (tertiary alicyclic amines) is 1. The highest BCUT2D eigenvalue weighted by Crippen LogP contribution is 2.39. The standard InChI is InChI=1S/C27H29F2N3O5/c28-20-8-6-18(7-9-20)25(34)31-12-10-27(11-13-31)32(26(35)19-3-1-4-21(29)15-19)23(17-37-27)24(33)30-16-22-5-2-14-36-22/h1,3-4,6-9,15,22-23H,2,5,10-14,16-17H2,(H,30,33). The summed E-state index contributed by atoms with van der Waals surface area (Å²) in [4.78, 5) is 42.9. The molecular weight excluding hydrogens is 484 g/mol. The molecule has 196 valence electrons. The second-order valence-electron chi connectivity index (χ2n) is 9.64. The molecular formula is C27H29F2N3O5. The summed E-state index contributed by atoms with van der Waals surface area (Å²) in [6, 6.07) is 9.77. The normalized spacial score (nSPS) is 22.9. The van der Waals surface area contributed by atoms with E-state index in [-0.39, 0.29) is 56.0 Å². The summed E-state index contributed by atoms with van der Waals surface area (Å²) in [7, 11) is 0. The van der Waals surface area contributed by atoms with Crippen LogP contribution in [0.15, 0.2) is 48.5 Å². The number of piperidine rings is 1. The summed E-state index contributed by atoms with van der Waals surface area (Å²) in [6.45, 7) is 1.53. The van der Waals surface area contributed by atoms with E-state index in [1.54, 1.807) is 4.90 Å². The van der Waals surface area contributed by atoms with E-state index in [0.717, 1.165) is 18.9 Å². The molecule has 3 aliphatic heterocycles. The van der Waals surface area contributed by atoms with Gasteiger partial charge in [0.05, 0.1) is 12.7 Å². The number of hydrogen-bond donors (Lipinski definition) is 1. The van der Waals surface area contributed by atoms with E-state index in [9.17, 15) is 23.2 Å². The van der Waals surface area contributed by atoms with Gasteiger partial charge in [0.1, 0.15) is 23.4 Å². The molecule has 5 rings (SSSR count). The zero-order valence-electron chi connectivity index (χ0n) is 20.3. The first-order valence-electron chi connectivity index (χ1n) is 12.5. The van der Waals surface area contributed by atoms with Crippen LogP contribution in [0, 0.1) is 11.6 Å². The quantitative estimate of drug-likeness (QED) is 0.665. The van der Waals surface area contributed by atoms with Crippen LogP contribution in [-0.2, 0) is 14.3 Å². The summed E-state index contributed by atoms with van der Waals surface area (Å²) in [5, 5.41) is 2.88. The minimum atomic E-state index is -1.12. The van der Waals surface area contributed by atoms with Gasteiger partial charge < -0.3 is 19.7 Å². The molecule has 2 aromatic rings. The monoisotopic (exact) mass is 513 g/mol. The Morgan fingerprint density at radius 1 is 0.973 bits per heavy atom. The lowest BCUT2D eigenvalue weighted by Gasteiger charge is -2.44. The van der Waals surface area contributed by atoms with Crippen molar-refractivity contribution in [2.45, 2.75) is 43.6 Å². The van der Waals surface area contributed by atoms with Gasteiger partial charge in [-0.05, 0) is 55.3 Å². The Hall–Kier alpha value is -3.37. The average molecular weight is 514 g/mol. The van der Waals surface area contributed by atoms with E-state index in [1.807, 2.05) is 0 Å². The van der Waals surface area contributed by atoms with Crippen LogP contribution >= 0.6 is 0 Å². The molecule has 2 atom stereocenters. The molecule has 37 heavy (non-hydrogen) atoms. The van der Waals surface area contributed by atoms with Crippen molar-refractivity contribution in [1.82, 2.24) is 15.1 Å². The Bertz CT molecular complexity index is 1160. The second kappa shape index (κ2) is 10.5. The van der Waals surface area contributed by atoms with Crippen molar-refractivity contribution >= 4 is 17.7 Å². The van der Waals surface area contributed by atoms with Crippen LogP contribution in [-0.4, -0.2) is 78.2 Å². The number of halogens is 2. The lowest BCUT2D eigenvalue weighted by molar-refractivity contribution is -0.128. The maximum absolute atomic E-state index is 14.0. The van der Waals surface area contributed by atoms with Gasteiger partial charge in [-0.1, -0.05) is 6.07 Å². The number of rotatable bonds is 5. The molecule has 10 heteroatoms. The number of nitrogens with one attached hydrogen (secondary N) is 1. The average Bonchev–Trinajstić information content (AvgIpc) is 3.56. The van der Waals surface area contributed by atoms with Gasteiger partial charge in [-0.15, -0.1) is 0 Å². The molecule has 0 aliphatic carbocycles. The maximum atomic E-state index is 14.0. The SMILES string of the molecule is O=C(NCC1CCCO1)C1COC2(CCN(C(=O)c3ccc(F)cc3)CC2)N1C(=O)c1cccc(F)c1. The molecule has 2 unspecified atom stereocenters. The number of hydrogen-bond acceptors (Lipinski definition) is 5. The number of benzene rings is 2. The fourth-order valence-corrected chi connectivity index (χ4v) is 5.30. The highest BCUT2D eigenvalue weighted by Gasteiger charge is 2.54. The molecule has 0 saturated carbocycles. The van der Waals surface area contributed by atoms with Gasteiger partial charge in [0, 0.05) is 50.2 Å². The number of amides is 3. The van der Waals surface area contributed by atoms with Gasteiger partial charge in [0.2, 0.25) is 5.91 Å². The first-order chi connectivity index (χ1) is 17.9. The van der Waals surface area contributed by atoms with Crippen molar-refractivity contribution in [3.8, 4) is 0 Å². The Labute approximate surface area is 213 Å². The molecule has 1 N–H and O–H groups in total. The number of carbonyl (C=O) groups excluding carboxylic acids is 3. The van der Waals surface area contributed by atoms with Crippen LogP contribution in [0.5, 0.6) is 0 Å². The fraction of sp³-hybridized carbons (Fsp3) is 0.444. The maximum Gasteiger partial charge on any atom is 0.256 e. The predicted octanol–water partition coefficient (Wildman–Crippen LogP) is 2.73. The van der Waals surface area contributed by atoms with Crippen molar-refractivity contribution < 1.29 is 32.6 Å². The van der Waals surface area contributed by atoms with E-state index >= 15 is 0 Å². The zero-order valence-corrected chi connectivity index (χ0v) is 20.3. The summed E-state index contributed by atoms with van der Waals surface area (Å²) >= 11 is 0. The van der Waals surface area contributed by atoms with E-state index in [0.29, 0.717) is 18.7 Å². The fourth-order valence-electron chi connectivity index (χ4n) is 5.30. The van der Waals surface area contributed by atoms with Gasteiger partial charge in [0.15, 0.2) is 0 Å². The molecule has 3 fully saturated rings. The van der Waals surface area contributed by atoms with E-state index in [2.05, 4.69) is 5.32 Å². The van der Waals surface area contributed by atoms with Crippen molar-refractivity contribution in [3.63, 3.8) is 0 Å². The molecule has 1 spiro atoms. The van der Waals surface area contributed by atoms with Crippen LogP contribution in [0.2, 0.25) is 0 Å². The number of ether oxygens (including phenoxy) is 2. The Balaban J connectivity index is 1.34. The molecule has 3 aliphatic rings. The van der Waals surface area contributed by atoms with E-state index < -0.39 is 29.3 Å². The molecule has 3 amide bonds. The van der Waals surface area contributed by atoms with Crippen LogP contribution in [0.25, 0.3) is 0 Å². The minimum Gasteiger partial charge on any atom is -0.376 e. The second-order valence-corrected chi connectivity index (χ2v) is 9.64. The summed E-state index contributed by atoms with van der Waals surface area (Å²) in [5.74, 6) is -2.10. The van der Waals surface area contributed by atoms with Crippen LogP contribution in [0.1, 0.15) is 46.4 Å². The molecule has 2 aromatic carbocycles. The van der Waals surface area contributed by atoms with Gasteiger partial charge in [0.25, 0.3) is 11.8 Å². The van der Waals surface area contributed by atoms with Gasteiger partial charge >= 0.3 is 0 Å². The molecule has 3 saturated heterocycles. The lowest BCUT2D eigenvalue weighted by atomic mass is 9.96.